The first-order valence-electron chi connectivity index (χ1n) is 12.0. The summed E-state index contributed by atoms with van der Waals surface area (Å²) in [5.74, 6) is 0.389. The number of nitrogens with one attached hydrogen (secondary N) is 2. The minimum atomic E-state index is -0.302. The first-order valence-corrected chi connectivity index (χ1v) is 12.0. The molecule has 0 spiro atoms. The maximum Gasteiger partial charge on any atom is 0.315 e. The Hall–Kier alpha value is -3.39. The lowest BCUT2D eigenvalue weighted by Crippen LogP contribution is -2.36. The molecule has 0 unspecified atom stereocenters. The Balaban J connectivity index is 0.000000540. The van der Waals surface area contributed by atoms with Crippen molar-refractivity contribution in [3.63, 3.8) is 0 Å². The van der Waals surface area contributed by atoms with Gasteiger partial charge in [0.1, 0.15) is 11.6 Å². The highest BCUT2D eigenvalue weighted by Crippen LogP contribution is 2.24. The van der Waals surface area contributed by atoms with Gasteiger partial charge in [-0.3, -0.25) is 0 Å². The highest BCUT2D eigenvalue weighted by molar-refractivity contribution is 5.74. The van der Waals surface area contributed by atoms with Crippen molar-refractivity contribution in [3.8, 4) is 11.4 Å². The SMILES string of the molecule is CCN(CC)CC.COc1cc(CNC(=O)N[C@@H](C)c2ccc(F)cc2)ccc1-n1cnc(C)c1. The van der Waals surface area contributed by atoms with Gasteiger partial charge in [0.2, 0.25) is 0 Å². The van der Waals surface area contributed by atoms with E-state index in [2.05, 4.69) is 41.3 Å². The average molecular weight is 484 g/mol. The second-order valence-corrected chi connectivity index (χ2v) is 8.15. The van der Waals surface area contributed by atoms with E-state index >= 15 is 0 Å². The minimum absolute atomic E-state index is 0.234. The molecule has 0 aliphatic rings. The predicted octanol–water partition coefficient (Wildman–Crippen LogP) is 5.24. The molecule has 3 aromatic rings. The fraction of sp³-hybridized carbons (Fsp3) is 0.407. The lowest BCUT2D eigenvalue weighted by molar-refractivity contribution is 0.237. The Bertz CT molecular complexity index is 1040. The third-order valence-corrected chi connectivity index (χ3v) is 5.75. The number of amides is 2. The summed E-state index contributed by atoms with van der Waals surface area (Å²) < 4.78 is 20.4. The molecule has 8 heteroatoms. The number of nitrogens with zero attached hydrogens (tertiary/aromatic N) is 3. The Morgan fingerprint density at radius 2 is 1.77 bits per heavy atom. The number of methoxy groups -OCH3 is 1. The van der Waals surface area contributed by atoms with Crippen LogP contribution in [0.4, 0.5) is 9.18 Å². The lowest BCUT2D eigenvalue weighted by Gasteiger charge is -2.16. The van der Waals surface area contributed by atoms with Crippen LogP contribution in [0.15, 0.2) is 55.0 Å². The van der Waals surface area contributed by atoms with E-state index in [4.69, 9.17) is 4.74 Å². The molecule has 3 rings (SSSR count). The summed E-state index contributed by atoms with van der Waals surface area (Å²) in [6, 6.07) is 11.3. The van der Waals surface area contributed by atoms with E-state index in [0.717, 1.165) is 22.5 Å². The van der Waals surface area contributed by atoms with E-state index < -0.39 is 0 Å². The van der Waals surface area contributed by atoms with Gasteiger partial charge in [0.05, 0.1) is 30.9 Å². The molecular weight excluding hydrogens is 445 g/mol. The fourth-order valence-electron chi connectivity index (χ4n) is 3.53. The van der Waals surface area contributed by atoms with Crippen LogP contribution in [0.5, 0.6) is 5.75 Å². The van der Waals surface area contributed by atoms with Crippen molar-refractivity contribution in [3.05, 3.63) is 77.6 Å². The Morgan fingerprint density at radius 3 is 2.29 bits per heavy atom. The normalized spacial score (nSPS) is 11.4. The molecule has 0 radical (unpaired) electrons. The van der Waals surface area contributed by atoms with E-state index in [1.54, 1.807) is 25.6 Å². The summed E-state index contributed by atoms with van der Waals surface area (Å²) in [6.07, 6.45) is 3.65. The largest absolute Gasteiger partial charge is 0.495 e. The Morgan fingerprint density at radius 1 is 1.11 bits per heavy atom. The van der Waals surface area contributed by atoms with Gasteiger partial charge in [-0.05, 0) is 68.9 Å². The van der Waals surface area contributed by atoms with E-state index in [1.165, 1.54) is 31.8 Å². The number of hydrogen-bond acceptors (Lipinski definition) is 4. The monoisotopic (exact) mass is 483 g/mol. The molecular formula is C27H38FN5O2. The van der Waals surface area contributed by atoms with Gasteiger partial charge in [0.25, 0.3) is 0 Å². The van der Waals surface area contributed by atoms with Crippen molar-refractivity contribution in [2.45, 2.75) is 47.2 Å². The van der Waals surface area contributed by atoms with Crippen LogP contribution >= 0.6 is 0 Å². The Kier molecular flexibility index (Phi) is 11.2. The quantitative estimate of drug-likeness (QED) is 0.437. The van der Waals surface area contributed by atoms with Crippen LogP contribution in [0.3, 0.4) is 0 Å². The maximum absolute atomic E-state index is 13.0. The van der Waals surface area contributed by atoms with Crippen LogP contribution in [0.1, 0.15) is 50.6 Å². The van der Waals surface area contributed by atoms with E-state index in [9.17, 15) is 9.18 Å². The molecule has 0 fully saturated rings. The number of carbonyl (C=O) groups is 1. The highest BCUT2D eigenvalue weighted by Gasteiger charge is 2.11. The molecule has 0 aliphatic carbocycles. The number of halogens is 1. The van der Waals surface area contributed by atoms with Crippen molar-refractivity contribution in [2.24, 2.45) is 0 Å². The number of hydrogen-bond donors (Lipinski definition) is 2. The van der Waals surface area contributed by atoms with Crippen LogP contribution < -0.4 is 15.4 Å². The molecule has 0 bridgehead atoms. The van der Waals surface area contributed by atoms with Gasteiger partial charge in [0, 0.05) is 12.7 Å². The molecule has 0 saturated carbocycles. The molecule has 2 amide bonds. The van der Waals surface area contributed by atoms with E-state index in [-0.39, 0.29) is 17.9 Å². The van der Waals surface area contributed by atoms with Crippen LogP contribution in [0.25, 0.3) is 5.69 Å². The number of benzene rings is 2. The van der Waals surface area contributed by atoms with Crippen LogP contribution in [-0.4, -0.2) is 47.2 Å². The number of ether oxygens (including phenoxy) is 1. The van der Waals surface area contributed by atoms with E-state index in [0.29, 0.717) is 12.3 Å². The van der Waals surface area contributed by atoms with Gasteiger partial charge in [-0.15, -0.1) is 0 Å². The predicted molar refractivity (Wildman–Crippen MR) is 139 cm³/mol. The smallest absolute Gasteiger partial charge is 0.315 e. The number of rotatable bonds is 9. The van der Waals surface area contributed by atoms with Gasteiger partial charge in [-0.1, -0.05) is 39.0 Å². The summed E-state index contributed by atoms with van der Waals surface area (Å²) in [5.41, 5.74) is 3.53. The molecule has 1 aromatic heterocycles. The first kappa shape index (κ1) is 27.9. The van der Waals surface area contributed by atoms with Crippen LogP contribution in [-0.2, 0) is 6.54 Å². The molecule has 1 heterocycles. The van der Waals surface area contributed by atoms with Gasteiger partial charge < -0.3 is 24.8 Å². The zero-order chi connectivity index (χ0) is 25.8. The van der Waals surface area contributed by atoms with Crippen molar-refractivity contribution in [1.82, 2.24) is 25.1 Å². The summed E-state index contributed by atoms with van der Waals surface area (Å²) in [5, 5.41) is 5.67. The molecule has 35 heavy (non-hydrogen) atoms. The summed E-state index contributed by atoms with van der Waals surface area (Å²) >= 11 is 0. The zero-order valence-electron chi connectivity index (χ0n) is 21.6. The van der Waals surface area contributed by atoms with E-state index in [1.807, 2.05) is 42.8 Å². The van der Waals surface area contributed by atoms with Gasteiger partial charge in [-0.25, -0.2) is 14.2 Å². The second kappa shape index (κ2) is 14.1. The number of imidazole rings is 1. The summed E-state index contributed by atoms with van der Waals surface area (Å²) in [7, 11) is 1.61. The lowest BCUT2D eigenvalue weighted by atomic mass is 10.1. The zero-order valence-corrected chi connectivity index (χ0v) is 21.6. The van der Waals surface area contributed by atoms with Crippen molar-refractivity contribution in [2.75, 3.05) is 26.7 Å². The Labute approximate surface area is 208 Å². The number of aromatic nitrogens is 2. The maximum atomic E-state index is 13.0. The molecule has 1 atom stereocenters. The number of urea groups is 1. The fourth-order valence-corrected chi connectivity index (χ4v) is 3.53. The summed E-state index contributed by atoms with van der Waals surface area (Å²) in [4.78, 5) is 18.8. The molecule has 190 valence electrons. The van der Waals surface area contributed by atoms with Crippen LogP contribution in [0.2, 0.25) is 0 Å². The standard InChI is InChI=1S/C21H23FN4O2.C6H15N/c1-14-12-26(13-24-14)19-9-4-16(10-20(19)28-3)11-23-21(27)25-15(2)17-5-7-18(22)8-6-17;1-4-7(5-2)6-3/h4-10,12-13,15H,11H2,1-3H3,(H2,23,25,27);4-6H2,1-3H3/t15-;/m0./s1. The molecule has 7 nitrogen and oxygen atoms in total. The average Bonchev–Trinajstić information content (AvgIpc) is 3.30. The van der Waals surface area contributed by atoms with Crippen molar-refractivity contribution < 1.29 is 13.9 Å². The number of aryl methyl sites for hydroxylation is 1. The third-order valence-electron chi connectivity index (χ3n) is 5.75. The molecule has 0 saturated heterocycles. The first-order chi connectivity index (χ1) is 16.8. The minimum Gasteiger partial charge on any atom is -0.495 e. The highest BCUT2D eigenvalue weighted by atomic mass is 19.1. The summed E-state index contributed by atoms with van der Waals surface area (Å²) in [6.45, 7) is 14.2. The second-order valence-electron chi connectivity index (χ2n) is 8.15. The third kappa shape index (κ3) is 8.72. The molecule has 0 aliphatic heterocycles. The number of carbonyl (C=O) groups excluding carboxylic acids is 1. The van der Waals surface area contributed by atoms with Crippen molar-refractivity contribution >= 4 is 6.03 Å². The molecule has 2 N–H and O–H groups in total. The van der Waals surface area contributed by atoms with Crippen molar-refractivity contribution in [1.29, 1.82) is 0 Å². The van der Waals surface area contributed by atoms with Crippen LogP contribution in [0, 0.1) is 12.7 Å². The molecule has 2 aromatic carbocycles. The van der Waals surface area contributed by atoms with Gasteiger partial charge >= 0.3 is 6.03 Å². The van der Waals surface area contributed by atoms with Gasteiger partial charge in [0.15, 0.2) is 0 Å². The topological polar surface area (TPSA) is 71.4 Å². The van der Waals surface area contributed by atoms with Gasteiger partial charge in [-0.2, -0.15) is 0 Å².